The number of hydrogen-bond acceptors (Lipinski definition) is 1. The van der Waals surface area contributed by atoms with Crippen molar-refractivity contribution in [2.24, 2.45) is 0 Å². The van der Waals surface area contributed by atoms with Crippen LogP contribution in [0.5, 0.6) is 0 Å². The topological polar surface area (TPSA) is 17.1 Å². The Hall–Kier alpha value is -1.18. The number of hydrogen-bond donors (Lipinski definition) is 0. The maximum absolute atomic E-state index is 12.4. The van der Waals surface area contributed by atoms with Gasteiger partial charge >= 0.3 is 0 Å². The third kappa shape index (κ3) is 2.41. The average Bonchev–Trinajstić information content (AvgIpc) is 2.19. The van der Waals surface area contributed by atoms with Gasteiger partial charge < -0.3 is 4.79 Å². The Morgan fingerprint density at radius 1 is 1.50 bits per heavy atom. The Labute approximate surface area is 83.9 Å². The first-order chi connectivity index (χ1) is 6.69. The van der Waals surface area contributed by atoms with Crippen molar-refractivity contribution in [3.05, 3.63) is 34.9 Å². The summed E-state index contributed by atoms with van der Waals surface area (Å²) in [5, 5.41) is 0. The van der Waals surface area contributed by atoms with E-state index in [4.69, 9.17) is 0 Å². The van der Waals surface area contributed by atoms with Crippen molar-refractivity contribution in [3.8, 4) is 0 Å². The molecule has 14 heavy (non-hydrogen) atoms. The van der Waals surface area contributed by atoms with Crippen LogP contribution in [0.1, 0.15) is 36.0 Å². The lowest BCUT2D eigenvalue weighted by Crippen LogP contribution is -1.98. The van der Waals surface area contributed by atoms with Gasteiger partial charge in [0.05, 0.1) is 0 Å². The second kappa shape index (κ2) is 4.89. The Kier molecular flexibility index (Phi) is 3.81. The van der Waals surface area contributed by atoms with Gasteiger partial charge in [-0.2, -0.15) is 0 Å². The minimum Gasteiger partial charge on any atom is -0.303 e. The maximum Gasteiger partial charge on any atom is 0.120 e. The highest BCUT2D eigenvalue weighted by atomic mass is 19.1. The van der Waals surface area contributed by atoms with Crippen molar-refractivity contribution in [1.29, 1.82) is 0 Å². The molecular weight excluding hydrogens is 179 g/mol. The zero-order valence-electron chi connectivity index (χ0n) is 8.59. The van der Waals surface area contributed by atoms with E-state index in [9.17, 15) is 9.18 Å². The van der Waals surface area contributed by atoms with Crippen LogP contribution in [0.2, 0.25) is 0 Å². The van der Waals surface area contributed by atoms with Gasteiger partial charge in [-0.05, 0) is 29.5 Å². The van der Waals surface area contributed by atoms with Crippen molar-refractivity contribution in [2.45, 2.75) is 32.9 Å². The summed E-state index contributed by atoms with van der Waals surface area (Å²) in [6.45, 7) is 3.53. The van der Waals surface area contributed by atoms with Crippen LogP contribution in [0.4, 0.5) is 4.39 Å². The van der Waals surface area contributed by atoms with Gasteiger partial charge in [0.2, 0.25) is 0 Å². The Bertz CT molecular complexity index is 320. The monoisotopic (exact) mass is 194 g/mol. The normalized spacial score (nSPS) is 12.5. The van der Waals surface area contributed by atoms with E-state index in [-0.39, 0.29) is 5.92 Å². The van der Waals surface area contributed by atoms with E-state index >= 15 is 0 Å². The molecule has 0 fully saturated rings. The molecule has 0 bridgehead atoms. The van der Waals surface area contributed by atoms with Crippen molar-refractivity contribution < 1.29 is 9.18 Å². The Morgan fingerprint density at radius 2 is 2.21 bits per heavy atom. The van der Waals surface area contributed by atoms with E-state index in [1.54, 1.807) is 6.07 Å². The highest BCUT2D eigenvalue weighted by molar-refractivity contribution is 5.52. The second-order valence-corrected chi connectivity index (χ2v) is 3.63. The van der Waals surface area contributed by atoms with Crippen LogP contribution in [0.3, 0.4) is 0 Å². The molecule has 0 saturated carbocycles. The van der Waals surface area contributed by atoms with Gasteiger partial charge in [-0.3, -0.25) is 0 Å². The van der Waals surface area contributed by atoms with E-state index in [0.717, 1.165) is 17.4 Å². The average molecular weight is 194 g/mol. The summed E-state index contributed by atoms with van der Waals surface area (Å²) in [7, 11) is 0. The highest BCUT2D eigenvalue weighted by Gasteiger charge is 2.08. The lowest BCUT2D eigenvalue weighted by Gasteiger charge is -2.12. The van der Waals surface area contributed by atoms with Crippen LogP contribution < -0.4 is 0 Å². The SMILES string of the molecule is Cc1ccc(CF)cc1C(C)CC=O. The minimum absolute atomic E-state index is 0.180. The first kappa shape index (κ1) is 10.9. The molecule has 0 radical (unpaired) electrons. The molecule has 1 rings (SSSR count). The zero-order chi connectivity index (χ0) is 10.6. The number of aldehydes is 1. The minimum atomic E-state index is -0.443. The smallest absolute Gasteiger partial charge is 0.120 e. The van der Waals surface area contributed by atoms with Crippen LogP contribution in [0, 0.1) is 6.92 Å². The van der Waals surface area contributed by atoms with Crippen LogP contribution in [-0.2, 0) is 11.5 Å². The van der Waals surface area contributed by atoms with Gasteiger partial charge in [-0.1, -0.05) is 25.1 Å². The number of alkyl halides is 1. The molecule has 1 nitrogen and oxygen atoms in total. The van der Waals surface area contributed by atoms with E-state index < -0.39 is 6.67 Å². The molecule has 0 aliphatic rings. The van der Waals surface area contributed by atoms with Gasteiger partial charge in [0, 0.05) is 6.42 Å². The molecule has 0 aliphatic heterocycles. The summed E-state index contributed by atoms with van der Waals surface area (Å²) in [5.74, 6) is 0.180. The number of benzene rings is 1. The number of halogens is 1. The fourth-order valence-corrected chi connectivity index (χ4v) is 1.58. The predicted molar refractivity (Wildman–Crippen MR) is 55.1 cm³/mol. The molecule has 76 valence electrons. The van der Waals surface area contributed by atoms with Crippen LogP contribution in [-0.4, -0.2) is 6.29 Å². The standard InChI is InChI=1S/C12H15FO/c1-9-3-4-11(8-13)7-12(9)10(2)5-6-14/h3-4,6-7,10H,5,8H2,1-2H3. The van der Waals surface area contributed by atoms with Gasteiger partial charge in [0.1, 0.15) is 13.0 Å². The van der Waals surface area contributed by atoms with Crippen LogP contribution in [0.25, 0.3) is 0 Å². The second-order valence-electron chi connectivity index (χ2n) is 3.63. The number of aryl methyl sites for hydroxylation is 1. The Morgan fingerprint density at radius 3 is 2.79 bits per heavy atom. The summed E-state index contributed by atoms with van der Waals surface area (Å²) in [4.78, 5) is 10.4. The summed E-state index contributed by atoms with van der Waals surface area (Å²) in [6.07, 6.45) is 1.41. The third-order valence-electron chi connectivity index (χ3n) is 2.48. The first-order valence-corrected chi connectivity index (χ1v) is 4.78. The van der Waals surface area contributed by atoms with Crippen LogP contribution >= 0.6 is 0 Å². The van der Waals surface area contributed by atoms with Gasteiger partial charge in [0.15, 0.2) is 0 Å². The van der Waals surface area contributed by atoms with Crippen molar-refractivity contribution in [1.82, 2.24) is 0 Å². The van der Waals surface area contributed by atoms with Crippen LogP contribution in [0.15, 0.2) is 18.2 Å². The van der Waals surface area contributed by atoms with Crippen molar-refractivity contribution in [3.63, 3.8) is 0 Å². The number of carbonyl (C=O) groups is 1. The summed E-state index contributed by atoms with van der Waals surface area (Å²) in [5.41, 5.74) is 2.88. The fraction of sp³-hybridized carbons (Fsp3) is 0.417. The molecule has 1 aromatic rings. The molecule has 0 aromatic heterocycles. The third-order valence-corrected chi connectivity index (χ3v) is 2.48. The number of rotatable bonds is 4. The maximum atomic E-state index is 12.4. The molecule has 1 atom stereocenters. The largest absolute Gasteiger partial charge is 0.303 e. The molecule has 1 unspecified atom stereocenters. The fourth-order valence-electron chi connectivity index (χ4n) is 1.58. The van der Waals surface area contributed by atoms with E-state index in [2.05, 4.69) is 0 Å². The molecule has 0 spiro atoms. The first-order valence-electron chi connectivity index (χ1n) is 4.78. The lowest BCUT2D eigenvalue weighted by molar-refractivity contribution is -0.108. The Balaban J connectivity index is 2.98. The van der Waals surface area contributed by atoms with Gasteiger partial charge in [0.25, 0.3) is 0 Å². The van der Waals surface area contributed by atoms with E-state index in [1.165, 1.54) is 0 Å². The quantitative estimate of drug-likeness (QED) is 0.673. The lowest BCUT2D eigenvalue weighted by atomic mass is 9.93. The van der Waals surface area contributed by atoms with Crippen molar-refractivity contribution >= 4 is 6.29 Å². The molecule has 0 saturated heterocycles. The molecule has 0 amide bonds. The van der Waals surface area contributed by atoms with Gasteiger partial charge in [-0.25, -0.2) is 4.39 Å². The van der Waals surface area contributed by atoms with E-state index in [1.807, 2.05) is 26.0 Å². The molecule has 0 heterocycles. The van der Waals surface area contributed by atoms with E-state index in [0.29, 0.717) is 12.0 Å². The number of carbonyl (C=O) groups excluding carboxylic acids is 1. The molecule has 2 heteroatoms. The summed E-state index contributed by atoms with van der Waals surface area (Å²) in [6, 6.07) is 5.54. The molecular formula is C12H15FO. The summed E-state index contributed by atoms with van der Waals surface area (Å²) >= 11 is 0. The highest BCUT2D eigenvalue weighted by Crippen LogP contribution is 2.23. The zero-order valence-corrected chi connectivity index (χ0v) is 8.59. The predicted octanol–water partition coefficient (Wildman–Crippen LogP) is 3.16. The molecule has 0 N–H and O–H groups in total. The van der Waals surface area contributed by atoms with Crippen molar-refractivity contribution in [2.75, 3.05) is 0 Å². The molecule has 0 aliphatic carbocycles. The van der Waals surface area contributed by atoms with Gasteiger partial charge in [-0.15, -0.1) is 0 Å². The molecule has 1 aromatic carbocycles. The summed E-state index contributed by atoms with van der Waals surface area (Å²) < 4.78 is 12.4.